The van der Waals surface area contributed by atoms with Gasteiger partial charge in [-0.3, -0.25) is 9.59 Å². The number of carboxylic acids is 1. The molecule has 1 rings (SSSR count). The Bertz CT molecular complexity index is 202. The molecule has 18 heavy (non-hydrogen) atoms. The molecular formula is C13H28N2O3. The van der Waals surface area contributed by atoms with Crippen molar-refractivity contribution in [2.24, 2.45) is 0 Å². The van der Waals surface area contributed by atoms with Gasteiger partial charge in [-0.2, -0.15) is 0 Å². The fraction of sp³-hybridized carbons (Fsp3) is 0.846. The molecule has 5 heteroatoms. The Labute approximate surface area is 111 Å². The average Bonchev–Trinajstić information content (AvgIpc) is 2.81. The molecule has 108 valence electrons. The number of amides is 1. The van der Waals surface area contributed by atoms with Crippen molar-refractivity contribution in [3.63, 3.8) is 0 Å². The summed E-state index contributed by atoms with van der Waals surface area (Å²) < 4.78 is 0. The molecule has 1 aliphatic rings. The van der Waals surface area contributed by atoms with Gasteiger partial charge in [-0.25, -0.2) is 0 Å². The van der Waals surface area contributed by atoms with E-state index in [2.05, 4.69) is 32.6 Å². The van der Waals surface area contributed by atoms with Crippen LogP contribution in [0.15, 0.2) is 0 Å². The topological polar surface area (TPSA) is 69.6 Å². The van der Waals surface area contributed by atoms with Crippen molar-refractivity contribution in [3.05, 3.63) is 0 Å². The van der Waals surface area contributed by atoms with Gasteiger partial charge >= 0.3 is 5.97 Å². The first-order chi connectivity index (χ1) is 8.49. The zero-order valence-corrected chi connectivity index (χ0v) is 12.1. The van der Waals surface area contributed by atoms with E-state index < -0.39 is 5.97 Å². The highest BCUT2D eigenvalue weighted by Gasteiger charge is 2.13. The maximum Gasteiger partial charge on any atom is 0.322 e. The fourth-order valence-electron chi connectivity index (χ4n) is 1.39. The molecule has 0 aromatic rings. The first kappa shape index (κ1) is 19.2. The van der Waals surface area contributed by atoms with Crippen LogP contribution >= 0.6 is 0 Å². The minimum atomic E-state index is -1.04. The number of carbonyl (C=O) groups is 2. The Morgan fingerprint density at radius 2 is 1.78 bits per heavy atom. The van der Waals surface area contributed by atoms with Crippen LogP contribution in [0.2, 0.25) is 0 Å². The maximum atomic E-state index is 9.54. The van der Waals surface area contributed by atoms with Gasteiger partial charge in [-0.05, 0) is 39.8 Å². The van der Waals surface area contributed by atoms with Crippen molar-refractivity contribution < 1.29 is 14.7 Å². The Kier molecular flexibility index (Phi) is 14.9. The zero-order valence-electron chi connectivity index (χ0n) is 12.1. The number of aliphatic carboxylic acids is 1. The highest BCUT2D eigenvalue weighted by atomic mass is 16.4. The molecule has 2 N–H and O–H groups in total. The number of rotatable bonds is 4. The molecule has 0 aromatic heterocycles. The number of hydrogen-bond donors (Lipinski definition) is 2. The largest absolute Gasteiger partial charge is 0.480 e. The summed E-state index contributed by atoms with van der Waals surface area (Å²) >= 11 is 0. The van der Waals surface area contributed by atoms with Gasteiger partial charge in [0.05, 0.1) is 0 Å². The molecule has 0 bridgehead atoms. The number of carboxylic acid groups (broad SMARTS) is 1. The summed E-state index contributed by atoms with van der Waals surface area (Å²) in [6, 6.07) is 0.775. The third kappa shape index (κ3) is 14.9. The Hall–Kier alpha value is -1.10. The molecule has 1 fully saturated rings. The molecule has 1 amide bonds. The Balaban J connectivity index is 0. The van der Waals surface area contributed by atoms with E-state index in [0.717, 1.165) is 6.04 Å². The van der Waals surface area contributed by atoms with Gasteiger partial charge in [0, 0.05) is 6.04 Å². The van der Waals surface area contributed by atoms with Crippen LogP contribution < -0.4 is 5.32 Å². The summed E-state index contributed by atoms with van der Waals surface area (Å²) in [5.74, 6) is -1.04. The molecule has 0 unspecified atom stereocenters. The molecule has 1 saturated heterocycles. The highest BCUT2D eigenvalue weighted by Crippen LogP contribution is 2.09. The minimum Gasteiger partial charge on any atom is -0.480 e. The fourth-order valence-corrected chi connectivity index (χ4v) is 1.39. The van der Waals surface area contributed by atoms with Crippen molar-refractivity contribution in [2.75, 3.05) is 19.6 Å². The van der Waals surface area contributed by atoms with Crippen LogP contribution in [0.1, 0.15) is 47.0 Å². The maximum absolute atomic E-state index is 9.54. The van der Waals surface area contributed by atoms with Crippen molar-refractivity contribution in [2.45, 2.75) is 53.0 Å². The molecule has 5 nitrogen and oxygen atoms in total. The number of hydrogen-bond acceptors (Lipinski definition) is 3. The zero-order chi connectivity index (χ0) is 14.4. The highest BCUT2D eigenvalue weighted by molar-refractivity contribution is 5.71. The monoisotopic (exact) mass is 260 g/mol. The van der Waals surface area contributed by atoms with Gasteiger partial charge in [-0.15, -0.1) is 0 Å². The van der Waals surface area contributed by atoms with Crippen LogP contribution in [0, 0.1) is 0 Å². The van der Waals surface area contributed by atoms with E-state index in [0.29, 0.717) is 6.41 Å². The van der Waals surface area contributed by atoms with Gasteiger partial charge in [-0.1, -0.05) is 20.3 Å². The predicted molar refractivity (Wildman–Crippen MR) is 73.6 cm³/mol. The molecule has 0 aromatic carbocycles. The first-order valence-electron chi connectivity index (χ1n) is 6.62. The molecule has 0 radical (unpaired) electrons. The van der Waals surface area contributed by atoms with Crippen molar-refractivity contribution in [1.82, 2.24) is 10.2 Å². The summed E-state index contributed by atoms with van der Waals surface area (Å²) in [5, 5.41) is 9.79. The van der Waals surface area contributed by atoms with Crippen LogP contribution in [0.4, 0.5) is 0 Å². The SMILES string of the molecule is CC(C)N1CCCC1.CCC.O=CNCC(=O)O. The Morgan fingerprint density at radius 3 is 1.94 bits per heavy atom. The van der Waals surface area contributed by atoms with E-state index in [4.69, 9.17) is 5.11 Å². The van der Waals surface area contributed by atoms with Gasteiger partial charge in [0.2, 0.25) is 6.41 Å². The third-order valence-electron chi connectivity index (χ3n) is 2.21. The van der Waals surface area contributed by atoms with Gasteiger partial charge in [0.1, 0.15) is 6.54 Å². The molecule has 1 aliphatic heterocycles. The second kappa shape index (κ2) is 14.0. The van der Waals surface area contributed by atoms with Crippen LogP contribution in [-0.4, -0.2) is 48.1 Å². The van der Waals surface area contributed by atoms with Gasteiger partial charge < -0.3 is 15.3 Å². The lowest BCUT2D eigenvalue weighted by Crippen LogP contribution is -2.26. The lowest BCUT2D eigenvalue weighted by Gasteiger charge is -2.18. The average molecular weight is 260 g/mol. The lowest BCUT2D eigenvalue weighted by molar-refractivity contribution is -0.136. The van der Waals surface area contributed by atoms with Crippen LogP contribution in [0.3, 0.4) is 0 Å². The summed E-state index contributed by atoms with van der Waals surface area (Å²) in [5.41, 5.74) is 0. The Morgan fingerprint density at radius 1 is 1.33 bits per heavy atom. The normalized spacial score (nSPS) is 14.1. The third-order valence-corrected chi connectivity index (χ3v) is 2.21. The van der Waals surface area contributed by atoms with Crippen LogP contribution in [0.25, 0.3) is 0 Å². The van der Waals surface area contributed by atoms with Crippen molar-refractivity contribution in [1.29, 1.82) is 0 Å². The summed E-state index contributed by atoms with van der Waals surface area (Å²) in [7, 11) is 0. The van der Waals surface area contributed by atoms with Gasteiger partial charge in [0.25, 0.3) is 0 Å². The second-order valence-electron chi connectivity index (χ2n) is 4.44. The van der Waals surface area contributed by atoms with E-state index in [-0.39, 0.29) is 6.54 Å². The smallest absolute Gasteiger partial charge is 0.322 e. The van der Waals surface area contributed by atoms with E-state index in [1.54, 1.807) is 0 Å². The summed E-state index contributed by atoms with van der Waals surface area (Å²) in [6.07, 6.45) is 4.42. The second-order valence-corrected chi connectivity index (χ2v) is 4.44. The molecule has 1 heterocycles. The van der Waals surface area contributed by atoms with E-state index in [1.165, 1.54) is 32.4 Å². The number of nitrogens with one attached hydrogen (secondary N) is 1. The molecule has 0 spiro atoms. The van der Waals surface area contributed by atoms with Crippen LogP contribution in [-0.2, 0) is 9.59 Å². The lowest BCUT2D eigenvalue weighted by atomic mass is 10.3. The minimum absolute atomic E-state index is 0.302. The number of likely N-dealkylation sites (tertiary alicyclic amines) is 1. The van der Waals surface area contributed by atoms with Crippen molar-refractivity contribution >= 4 is 12.4 Å². The van der Waals surface area contributed by atoms with E-state index in [1.807, 2.05) is 5.32 Å². The molecule has 0 saturated carbocycles. The summed E-state index contributed by atoms with van der Waals surface area (Å²) in [4.78, 5) is 21.4. The molecule has 0 atom stereocenters. The predicted octanol–water partition coefficient (Wildman–Crippen LogP) is 1.72. The van der Waals surface area contributed by atoms with Crippen molar-refractivity contribution in [3.8, 4) is 0 Å². The van der Waals surface area contributed by atoms with E-state index in [9.17, 15) is 9.59 Å². The number of carbonyl (C=O) groups excluding carboxylic acids is 1. The van der Waals surface area contributed by atoms with E-state index >= 15 is 0 Å². The van der Waals surface area contributed by atoms with Crippen LogP contribution in [0.5, 0.6) is 0 Å². The molecular weight excluding hydrogens is 232 g/mol. The first-order valence-corrected chi connectivity index (χ1v) is 6.62. The van der Waals surface area contributed by atoms with Gasteiger partial charge in [0.15, 0.2) is 0 Å². The molecule has 0 aliphatic carbocycles. The quantitative estimate of drug-likeness (QED) is 0.755. The number of nitrogens with zero attached hydrogens (tertiary/aromatic N) is 1. The standard InChI is InChI=1S/C7H15N.C3H5NO3.C3H8/c1-7(2)8-5-3-4-6-8;5-2-4-1-3(6)7;1-3-2/h7H,3-6H2,1-2H3;2H,1H2,(H,4,5)(H,6,7);3H2,1-2H3. The summed E-state index contributed by atoms with van der Waals surface area (Å²) in [6.45, 7) is 11.1.